The minimum absolute atomic E-state index is 0. The van der Waals surface area contributed by atoms with Crippen LogP contribution in [-0.2, 0) is 40.9 Å². The predicted molar refractivity (Wildman–Crippen MR) is 34.8 cm³/mol. The molecule has 0 heterocycles. The molecule has 0 aliphatic carbocycles. The van der Waals surface area contributed by atoms with Crippen LogP contribution in [0.25, 0.3) is 0 Å². The molecule has 9 heteroatoms. The summed E-state index contributed by atoms with van der Waals surface area (Å²) in [6, 6.07) is 0. The molecule has 8 nitrogen and oxygen atoms in total. The quantitative estimate of drug-likeness (QED) is 0.300. The zero-order chi connectivity index (χ0) is 10.8. The molecule has 4 N–H and O–H groups in total. The molecule has 0 fully saturated rings. The van der Waals surface area contributed by atoms with Gasteiger partial charge in [0, 0.05) is 21.7 Å². The van der Waals surface area contributed by atoms with Crippen molar-refractivity contribution in [2.45, 2.75) is 0 Å². The molecule has 0 spiro atoms. The summed E-state index contributed by atoms with van der Waals surface area (Å²) < 4.78 is 0. The monoisotopic (exact) mass is 232 g/mol. The summed E-state index contributed by atoms with van der Waals surface area (Å²) >= 11 is 0. The van der Waals surface area contributed by atoms with E-state index in [-0.39, 0.29) is 47.6 Å². The van der Waals surface area contributed by atoms with E-state index in [1.165, 1.54) is 0 Å². The van der Waals surface area contributed by atoms with Crippen molar-refractivity contribution in [1.29, 1.82) is 0 Å². The van der Waals surface area contributed by atoms with Gasteiger partial charge in [-0.25, -0.2) is 0 Å². The molecule has 0 saturated heterocycles. The van der Waals surface area contributed by atoms with Gasteiger partial charge in [-0.3, -0.25) is 19.2 Å². The largest absolute Gasteiger partial charge is 0.483 e. The Labute approximate surface area is 87.7 Å². The molecule has 0 rings (SSSR count). The molecular weight excluding hydrogens is 224 g/mol. The molecule has 0 atom stereocenters. The third-order valence-electron chi connectivity index (χ3n) is 0. The smallest absolute Gasteiger partial charge is 0.290 e. The normalized spacial score (nSPS) is 3.69. The van der Waals surface area contributed by atoms with E-state index in [0.29, 0.717) is 0 Å². The maximum atomic E-state index is 8.36. The van der Waals surface area contributed by atoms with Crippen LogP contribution in [0.5, 0.6) is 0 Å². The third kappa shape index (κ3) is 396. The minimum Gasteiger partial charge on any atom is -0.483 e. The van der Waals surface area contributed by atoms with Gasteiger partial charge in [0.05, 0.1) is 0 Å². The molecule has 76 valence electrons. The summed E-state index contributed by atoms with van der Waals surface area (Å²) in [5.41, 5.74) is 0. The maximum Gasteiger partial charge on any atom is 0.290 e. The molecule has 0 radical (unpaired) electrons. The number of rotatable bonds is 0. The standard InChI is InChI=1S/4CH2O2.Ti/c4*2-1-3;/h4*1H,(H,2,3);. The first-order chi connectivity index (χ1) is 5.66. The van der Waals surface area contributed by atoms with Gasteiger partial charge < -0.3 is 20.4 Å². The van der Waals surface area contributed by atoms with Crippen molar-refractivity contribution in [3.05, 3.63) is 0 Å². The predicted octanol–water partition coefficient (Wildman–Crippen LogP) is -1.20. The zero-order valence-electron chi connectivity index (χ0n) is 6.23. The molecule has 0 aliphatic heterocycles. The summed E-state index contributed by atoms with van der Waals surface area (Å²) in [4.78, 5) is 33.4. The fourth-order valence-corrected chi connectivity index (χ4v) is 0. The first-order valence-corrected chi connectivity index (χ1v) is 1.98. The molecular formula is C4H8O8Ti. The van der Waals surface area contributed by atoms with Crippen LogP contribution in [0.1, 0.15) is 0 Å². The van der Waals surface area contributed by atoms with Gasteiger partial charge in [-0.2, -0.15) is 0 Å². The third-order valence-corrected chi connectivity index (χ3v) is 0. The first kappa shape index (κ1) is 29.9. The Balaban J connectivity index is -0.0000000213. The zero-order valence-corrected chi connectivity index (χ0v) is 7.79. The van der Waals surface area contributed by atoms with Gasteiger partial charge in [-0.15, -0.1) is 0 Å². The van der Waals surface area contributed by atoms with Crippen LogP contribution in [0.15, 0.2) is 0 Å². The van der Waals surface area contributed by atoms with Gasteiger partial charge >= 0.3 is 0 Å². The Kier molecular flexibility index (Phi) is 334. The summed E-state index contributed by atoms with van der Waals surface area (Å²) in [6.45, 7) is -1.00. The second-order valence-electron chi connectivity index (χ2n) is 0.422. The Morgan fingerprint density at radius 1 is 0.538 bits per heavy atom. The SMILES string of the molecule is O=CO.O=CO.O=CO.O=CO.[Ti]. The van der Waals surface area contributed by atoms with Crippen molar-refractivity contribution in [3.63, 3.8) is 0 Å². The van der Waals surface area contributed by atoms with E-state index in [0.717, 1.165) is 0 Å². The Bertz CT molecular complexity index is 70.1. The first-order valence-electron chi connectivity index (χ1n) is 1.98. The average molecular weight is 232 g/mol. The Morgan fingerprint density at radius 3 is 0.538 bits per heavy atom. The molecule has 0 bridgehead atoms. The number of hydrogen-bond donors (Lipinski definition) is 4. The summed E-state index contributed by atoms with van der Waals surface area (Å²) in [5, 5.41) is 27.6. The average Bonchev–Trinajstić information content (AvgIpc) is 1.92. The van der Waals surface area contributed by atoms with E-state index in [1.54, 1.807) is 0 Å². The van der Waals surface area contributed by atoms with Crippen LogP contribution in [0.4, 0.5) is 0 Å². The van der Waals surface area contributed by atoms with Crippen LogP contribution in [0.3, 0.4) is 0 Å². The van der Waals surface area contributed by atoms with Crippen molar-refractivity contribution < 1.29 is 61.3 Å². The minimum atomic E-state index is -0.250. The second kappa shape index (κ2) is 145. The van der Waals surface area contributed by atoms with Crippen molar-refractivity contribution in [2.24, 2.45) is 0 Å². The molecule has 0 aromatic rings. The fraction of sp³-hybridized carbons (Fsp3) is 0. The Morgan fingerprint density at radius 2 is 0.538 bits per heavy atom. The number of carbonyl (C=O) groups is 4. The molecule has 13 heavy (non-hydrogen) atoms. The van der Waals surface area contributed by atoms with E-state index in [1.807, 2.05) is 0 Å². The molecule has 0 aromatic heterocycles. The Hall–Kier alpha value is -1.41. The van der Waals surface area contributed by atoms with Crippen LogP contribution < -0.4 is 0 Å². The molecule has 0 saturated carbocycles. The maximum absolute atomic E-state index is 8.36. The van der Waals surface area contributed by atoms with Crippen LogP contribution in [0.2, 0.25) is 0 Å². The molecule has 0 aliphatic rings. The second-order valence-corrected chi connectivity index (χ2v) is 0.422. The van der Waals surface area contributed by atoms with E-state index in [2.05, 4.69) is 0 Å². The van der Waals surface area contributed by atoms with Crippen LogP contribution in [0, 0.1) is 0 Å². The van der Waals surface area contributed by atoms with Gasteiger partial charge in [0.15, 0.2) is 0 Å². The van der Waals surface area contributed by atoms with Crippen LogP contribution >= 0.6 is 0 Å². The molecule has 0 unspecified atom stereocenters. The molecule has 0 aromatic carbocycles. The van der Waals surface area contributed by atoms with Gasteiger partial charge in [0.25, 0.3) is 25.9 Å². The van der Waals surface area contributed by atoms with Crippen LogP contribution in [-0.4, -0.2) is 46.3 Å². The van der Waals surface area contributed by atoms with E-state index in [9.17, 15) is 0 Å². The summed E-state index contributed by atoms with van der Waals surface area (Å²) in [5.74, 6) is 0. The van der Waals surface area contributed by atoms with Gasteiger partial charge in [-0.05, 0) is 0 Å². The van der Waals surface area contributed by atoms with Gasteiger partial charge in [-0.1, -0.05) is 0 Å². The van der Waals surface area contributed by atoms with E-state index >= 15 is 0 Å². The number of hydrogen-bond acceptors (Lipinski definition) is 4. The van der Waals surface area contributed by atoms with E-state index in [4.69, 9.17) is 39.6 Å². The van der Waals surface area contributed by atoms with Crippen molar-refractivity contribution in [2.75, 3.05) is 0 Å². The fourth-order valence-electron chi connectivity index (χ4n) is 0. The van der Waals surface area contributed by atoms with Crippen molar-refractivity contribution >= 4 is 25.9 Å². The van der Waals surface area contributed by atoms with Gasteiger partial charge in [0.2, 0.25) is 0 Å². The van der Waals surface area contributed by atoms with E-state index < -0.39 is 0 Å². The van der Waals surface area contributed by atoms with Crippen molar-refractivity contribution in [3.8, 4) is 0 Å². The summed E-state index contributed by atoms with van der Waals surface area (Å²) in [7, 11) is 0. The van der Waals surface area contributed by atoms with Crippen molar-refractivity contribution in [1.82, 2.24) is 0 Å². The topological polar surface area (TPSA) is 149 Å². The number of carboxylic acid groups (broad SMARTS) is 4. The summed E-state index contributed by atoms with van der Waals surface area (Å²) in [6.07, 6.45) is 0. The van der Waals surface area contributed by atoms with Gasteiger partial charge in [0.1, 0.15) is 0 Å². The molecule has 0 amide bonds.